The van der Waals surface area contributed by atoms with Crippen LogP contribution in [0.4, 0.5) is 4.79 Å². The number of nitrogens with zero attached hydrogens (tertiary/aromatic N) is 5. The van der Waals surface area contributed by atoms with Crippen molar-refractivity contribution in [1.29, 1.82) is 0 Å². The number of aromatic nitrogens is 2. The predicted molar refractivity (Wildman–Crippen MR) is 207 cm³/mol. The molecule has 0 unspecified atom stereocenters. The summed E-state index contributed by atoms with van der Waals surface area (Å²) in [7, 11) is 0. The van der Waals surface area contributed by atoms with E-state index in [1.54, 1.807) is 28.9 Å². The van der Waals surface area contributed by atoms with E-state index in [-0.39, 0.29) is 74.7 Å². The Labute approximate surface area is 332 Å². The van der Waals surface area contributed by atoms with Crippen LogP contribution in [0, 0.1) is 0 Å². The van der Waals surface area contributed by atoms with Crippen molar-refractivity contribution in [2.45, 2.75) is 83.0 Å². The number of piperazine rings is 1. The highest BCUT2D eigenvalue weighted by Crippen LogP contribution is 2.24. The summed E-state index contributed by atoms with van der Waals surface area (Å²) in [5.41, 5.74) is 1.67. The molecule has 2 aliphatic heterocycles. The van der Waals surface area contributed by atoms with Gasteiger partial charge in [-0.15, -0.1) is 5.06 Å². The summed E-state index contributed by atoms with van der Waals surface area (Å²) in [5, 5.41) is 12.0. The number of rotatable bonds is 18. The molecule has 57 heavy (non-hydrogen) atoms. The normalized spacial score (nSPS) is 17.7. The number of hydroxylamine groups is 2. The van der Waals surface area contributed by atoms with Gasteiger partial charge in [-0.2, -0.15) is 5.10 Å². The Morgan fingerprint density at radius 1 is 0.877 bits per heavy atom. The van der Waals surface area contributed by atoms with E-state index in [1.807, 2.05) is 48.5 Å². The smallest absolute Gasteiger partial charge is 0.467 e. The number of ether oxygens (including phenoxy) is 3. The third kappa shape index (κ3) is 11.5. The lowest BCUT2D eigenvalue weighted by molar-refractivity contribution is -0.157. The zero-order valence-electron chi connectivity index (χ0n) is 32.5. The highest BCUT2D eigenvalue weighted by Gasteiger charge is 2.36. The molecule has 2 aromatic carbocycles. The maximum atomic E-state index is 14.0. The minimum atomic E-state index is -0.879. The monoisotopic (exact) mass is 787 g/mol. The molecule has 3 fully saturated rings. The van der Waals surface area contributed by atoms with Gasteiger partial charge in [0, 0.05) is 38.3 Å². The van der Waals surface area contributed by atoms with E-state index in [0.717, 1.165) is 31.2 Å². The minimum Gasteiger partial charge on any atom is -0.467 e. The van der Waals surface area contributed by atoms with E-state index in [9.17, 15) is 24.0 Å². The van der Waals surface area contributed by atoms with Crippen LogP contribution in [-0.4, -0.2) is 125 Å². The van der Waals surface area contributed by atoms with Crippen LogP contribution in [0.1, 0.15) is 74.3 Å². The molecule has 2 atom stereocenters. The number of hydrogen-bond donors (Lipinski definition) is 2. The summed E-state index contributed by atoms with van der Waals surface area (Å²) >= 11 is 0. The van der Waals surface area contributed by atoms with Crippen LogP contribution in [-0.2, 0) is 35.3 Å². The number of carbonyl (C=O) groups is 5. The van der Waals surface area contributed by atoms with Gasteiger partial charge < -0.3 is 39.5 Å². The van der Waals surface area contributed by atoms with E-state index in [4.69, 9.17) is 19.0 Å². The topological polar surface area (TPSA) is 174 Å². The fraction of sp³-hybridized carbons (Fsp3) is 0.512. The van der Waals surface area contributed by atoms with Crippen molar-refractivity contribution in [3.8, 4) is 11.6 Å². The number of unbranched alkanes of at least 4 members (excludes halogenated alkanes) is 1. The molecule has 1 aromatic heterocycles. The second-order valence-electron chi connectivity index (χ2n) is 14.4. The van der Waals surface area contributed by atoms with Gasteiger partial charge in [0.1, 0.15) is 12.1 Å². The fourth-order valence-corrected chi connectivity index (χ4v) is 7.01. The van der Waals surface area contributed by atoms with Gasteiger partial charge in [0.2, 0.25) is 17.7 Å². The Morgan fingerprint density at radius 2 is 1.61 bits per heavy atom. The van der Waals surface area contributed by atoms with Gasteiger partial charge in [0.05, 0.1) is 32.0 Å². The third-order valence-corrected chi connectivity index (χ3v) is 10.3. The molecule has 6 rings (SSSR count). The Bertz CT molecular complexity index is 1800. The number of amides is 4. The van der Waals surface area contributed by atoms with E-state index < -0.39 is 24.1 Å². The van der Waals surface area contributed by atoms with Gasteiger partial charge in [0.15, 0.2) is 12.3 Å². The summed E-state index contributed by atoms with van der Waals surface area (Å²) in [4.78, 5) is 74.5. The molecule has 3 aromatic rings. The Balaban J connectivity index is 1.11. The van der Waals surface area contributed by atoms with Crippen molar-refractivity contribution in [2.24, 2.45) is 0 Å². The summed E-state index contributed by atoms with van der Waals surface area (Å²) in [6, 6.07) is 19.1. The molecule has 2 N–H and O–H groups in total. The van der Waals surface area contributed by atoms with Crippen LogP contribution in [0.3, 0.4) is 0 Å². The molecule has 3 aliphatic rings. The standard InChI is InChI=1S/C41H53N7O9/c1-2-55-41(53)57-46-24-22-45(23-25-46)40(52)33(19-9-10-26-54-28-30-13-5-3-6-14-30)43-38(50)34-27-37(48(44-34)32-17-7-4-8-18-32)56-29-36(49)47-21-12-20-35(47)39(51)42-31-15-11-16-31/h3-8,13-14,17-18,27,31,33,35H,2,9-12,15-16,19-26,28-29H2,1H3,(H,42,51)(H,43,50)/t33-,35-/m0/s1. The maximum absolute atomic E-state index is 14.0. The number of nitrogens with one attached hydrogen (secondary N) is 2. The number of likely N-dealkylation sites (tertiary alicyclic amines) is 1. The summed E-state index contributed by atoms with van der Waals surface area (Å²) in [6.07, 6.45) is 5.14. The largest absolute Gasteiger partial charge is 0.527 e. The zero-order chi connectivity index (χ0) is 40.0. The van der Waals surface area contributed by atoms with Crippen molar-refractivity contribution in [3.63, 3.8) is 0 Å². The molecule has 4 amide bonds. The minimum absolute atomic E-state index is 0.00289. The molecule has 3 heterocycles. The lowest BCUT2D eigenvalue weighted by atomic mass is 9.93. The molecule has 0 spiro atoms. The van der Waals surface area contributed by atoms with E-state index >= 15 is 0 Å². The van der Waals surface area contributed by atoms with Crippen LogP contribution < -0.4 is 15.4 Å². The molecule has 306 valence electrons. The molecular weight excluding hydrogens is 734 g/mol. The Hall–Kier alpha value is -5.48. The average molecular weight is 788 g/mol. The first-order valence-electron chi connectivity index (χ1n) is 20.0. The van der Waals surface area contributed by atoms with Gasteiger partial charge in [-0.05, 0) is 76.0 Å². The lowest BCUT2D eigenvalue weighted by Gasteiger charge is -2.35. The zero-order valence-corrected chi connectivity index (χ0v) is 32.5. The third-order valence-electron chi connectivity index (χ3n) is 10.3. The molecule has 1 aliphatic carbocycles. The highest BCUT2D eigenvalue weighted by molar-refractivity contribution is 5.96. The van der Waals surface area contributed by atoms with E-state index in [0.29, 0.717) is 51.1 Å². The van der Waals surface area contributed by atoms with Crippen molar-refractivity contribution < 1.29 is 43.0 Å². The number of para-hydroxylation sites is 1. The molecular formula is C41H53N7O9. The Kier molecular flexibility index (Phi) is 14.9. The van der Waals surface area contributed by atoms with Gasteiger partial charge >= 0.3 is 6.16 Å². The molecule has 1 saturated carbocycles. The first-order chi connectivity index (χ1) is 27.8. The second-order valence-corrected chi connectivity index (χ2v) is 14.4. The molecule has 2 saturated heterocycles. The fourth-order valence-electron chi connectivity index (χ4n) is 7.01. The SMILES string of the molecule is CCOC(=O)ON1CCN(C(=O)[C@H](CCCCOCc2ccccc2)NC(=O)c2cc(OCC(=O)N3CCC[C@H]3C(=O)NC3CCC3)n(-c3ccccc3)n2)CC1. The average Bonchev–Trinajstić information content (AvgIpc) is 3.89. The summed E-state index contributed by atoms with van der Waals surface area (Å²) in [5.74, 6) is -1.16. The molecule has 16 heteroatoms. The van der Waals surface area contributed by atoms with Gasteiger partial charge in [-0.3, -0.25) is 19.2 Å². The van der Waals surface area contributed by atoms with Crippen molar-refractivity contribution in [2.75, 3.05) is 52.5 Å². The second kappa shape index (κ2) is 20.6. The summed E-state index contributed by atoms with van der Waals surface area (Å²) in [6.45, 7) is 4.05. The van der Waals surface area contributed by atoms with Crippen LogP contribution in [0.2, 0.25) is 0 Å². The number of hydrogen-bond acceptors (Lipinski definition) is 11. The van der Waals surface area contributed by atoms with Crippen molar-refractivity contribution in [1.82, 2.24) is 35.3 Å². The van der Waals surface area contributed by atoms with Crippen LogP contribution in [0.5, 0.6) is 5.88 Å². The van der Waals surface area contributed by atoms with Gasteiger partial charge in [-0.25, -0.2) is 9.48 Å². The van der Waals surface area contributed by atoms with E-state index in [1.165, 1.54) is 15.8 Å². The number of benzene rings is 2. The summed E-state index contributed by atoms with van der Waals surface area (Å²) < 4.78 is 18.2. The van der Waals surface area contributed by atoms with Crippen LogP contribution >= 0.6 is 0 Å². The van der Waals surface area contributed by atoms with Crippen molar-refractivity contribution in [3.05, 3.63) is 78.0 Å². The first kappa shape index (κ1) is 41.2. The van der Waals surface area contributed by atoms with Gasteiger partial charge in [-0.1, -0.05) is 48.5 Å². The van der Waals surface area contributed by atoms with Crippen LogP contribution in [0.25, 0.3) is 5.69 Å². The number of carbonyl (C=O) groups excluding carboxylic acids is 5. The molecule has 0 bridgehead atoms. The predicted octanol–water partition coefficient (Wildman–Crippen LogP) is 3.63. The highest BCUT2D eigenvalue weighted by atomic mass is 16.8. The first-order valence-corrected chi connectivity index (χ1v) is 20.0. The maximum Gasteiger partial charge on any atom is 0.527 e. The van der Waals surface area contributed by atoms with Crippen molar-refractivity contribution >= 4 is 29.8 Å². The lowest BCUT2D eigenvalue weighted by Crippen LogP contribution is -2.55. The van der Waals surface area contributed by atoms with E-state index in [2.05, 4.69) is 15.7 Å². The molecule has 16 nitrogen and oxygen atoms in total. The van der Waals surface area contributed by atoms with Gasteiger partial charge in [0.25, 0.3) is 11.8 Å². The quantitative estimate of drug-likeness (QED) is 0.142. The van der Waals surface area contributed by atoms with Crippen LogP contribution in [0.15, 0.2) is 66.7 Å². The Morgan fingerprint density at radius 3 is 2.32 bits per heavy atom. The molecule has 0 radical (unpaired) electrons.